The molecule has 33 heavy (non-hydrogen) atoms. The summed E-state index contributed by atoms with van der Waals surface area (Å²) in [7, 11) is 0. The van der Waals surface area contributed by atoms with E-state index in [2.05, 4.69) is 0 Å². The largest absolute Gasteiger partial charge is 0.454 e. The number of anilines is 1. The molecule has 1 saturated heterocycles. The van der Waals surface area contributed by atoms with Gasteiger partial charge in [0, 0.05) is 17.7 Å². The number of ketones is 1. The van der Waals surface area contributed by atoms with Crippen LogP contribution in [0.3, 0.4) is 0 Å². The van der Waals surface area contributed by atoms with Gasteiger partial charge in [-0.3, -0.25) is 24.5 Å². The molecule has 3 aliphatic rings. The molecule has 0 radical (unpaired) electrons. The minimum atomic E-state index is -0.872. The van der Waals surface area contributed by atoms with Crippen LogP contribution in [-0.2, 0) is 14.3 Å². The van der Waals surface area contributed by atoms with Gasteiger partial charge in [-0.15, -0.1) is 0 Å². The second kappa shape index (κ2) is 7.77. The Morgan fingerprint density at radius 2 is 1.67 bits per heavy atom. The van der Waals surface area contributed by atoms with Gasteiger partial charge in [0.25, 0.3) is 5.69 Å². The lowest BCUT2D eigenvalue weighted by Crippen LogP contribution is -2.34. The van der Waals surface area contributed by atoms with Crippen LogP contribution >= 0.6 is 0 Å². The number of nitro benzene ring substituents is 1. The molecule has 4 atom stereocenters. The number of Topliss-reactive ketones (excluding diaryl/α,β-unsaturated/α-hetero) is 1. The Morgan fingerprint density at radius 1 is 1.00 bits per heavy atom. The number of hydrogen-bond donors (Lipinski definition) is 0. The number of hydrogen-bond acceptors (Lipinski definition) is 7. The predicted molar refractivity (Wildman–Crippen MR) is 114 cm³/mol. The van der Waals surface area contributed by atoms with Crippen molar-refractivity contribution in [1.29, 1.82) is 0 Å². The molecule has 2 aromatic rings. The highest BCUT2D eigenvalue weighted by molar-refractivity contribution is 6.24. The average molecular weight is 446 g/mol. The number of nitrogens with zero attached hydrogens (tertiary/aromatic N) is 2. The number of carbonyl (C=O) groups excluding carboxylic acids is 4. The third-order valence-electron chi connectivity index (χ3n) is 6.55. The molecule has 2 aromatic carbocycles. The monoisotopic (exact) mass is 446 g/mol. The van der Waals surface area contributed by atoms with E-state index in [1.54, 1.807) is 12.1 Å². The number of nitro groups is 1. The highest BCUT2D eigenvalue weighted by Crippen LogP contribution is 2.53. The van der Waals surface area contributed by atoms with Crippen LogP contribution in [0, 0.1) is 33.8 Å². The normalized spacial score (nSPS) is 24.8. The van der Waals surface area contributed by atoms with Gasteiger partial charge in [0.2, 0.25) is 17.6 Å². The molecule has 1 aliphatic heterocycles. The van der Waals surface area contributed by atoms with Crippen molar-refractivity contribution in [3.8, 4) is 0 Å². The van der Waals surface area contributed by atoms with Crippen molar-refractivity contribution < 1.29 is 28.8 Å². The summed E-state index contributed by atoms with van der Waals surface area (Å²) in [5.74, 6) is -2.89. The summed E-state index contributed by atoms with van der Waals surface area (Å²) in [4.78, 5) is 62.7. The molecule has 0 N–H and O–H groups in total. The first-order valence-electron chi connectivity index (χ1n) is 10.5. The number of allylic oxidation sites excluding steroid dienone is 2. The number of amides is 2. The lowest BCUT2D eigenvalue weighted by molar-refractivity contribution is -0.384. The Hall–Kier alpha value is -4.14. The third-order valence-corrected chi connectivity index (χ3v) is 6.55. The fourth-order valence-corrected chi connectivity index (χ4v) is 5.07. The highest BCUT2D eigenvalue weighted by Gasteiger charge is 2.59. The molecular formula is C24H18N2O7. The number of esters is 1. The Balaban J connectivity index is 1.34. The Morgan fingerprint density at radius 3 is 2.33 bits per heavy atom. The van der Waals surface area contributed by atoms with Gasteiger partial charge in [-0.1, -0.05) is 36.4 Å². The first kappa shape index (κ1) is 20.7. The molecule has 0 spiro atoms. The number of rotatable bonds is 6. The molecule has 2 bridgehead atoms. The number of para-hydroxylation sites is 1. The van der Waals surface area contributed by atoms with E-state index in [-0.39, 0.29) is 46.2 Å². The SMILES string of the molecule is O=C(COC(=O)c1ccccc1N1C(=O)[C@@H]2[C@H](C1=O)[C@H]1C=C[C@@H]2C1)c1cccc([N+](=O)[O-])c1. The van der Waals surface area contributed by atoms with Crippen LogP contribution in [0.25, 0.3) is 0 Å². The number of benzene rings is 2. The number of imide groups is 1. The van der Waals surface area contributed by atoms with Crippen molar-refractivity contribution in [3.63, 3.8) is 0 Å². The standard InChI is InChI=1S/C24H18N2O7/c27-19(13-4-3-5-16(11-13)26(31)32)12-33-24(30)17-6-1-2-7-18(17)25-22(28)20-14-8-9-15(10-14)21(20)23(25)29/h1-9,11,14-15,20-21H,10,12H2/t14-,15+,20+,21-. The Kier molecular flexibility index (Phi) is 4.88. The second-order valence-electron chi connectivity index (χ2n) is 8.34. The molecule has 1 heterocycles. The van der Waals surface area contributed by atoms with E-state index in [1.807, 2.05) is 12.2 Å². The number of fused-ring (bicyclic) bond motifs is 5. The first-order valence-corrected chi connectivity index (χ1v) is 10.5. The molecule has 0 unspecified atom stereocenters. The van der Waals surface area contributed by atoms with E-state index < -0.39 is 35.1 Å². The summed E-state index contributed by atoms with van der Waals surface area (Å²) in [6, 6.07) is 11.2. The van der Waals surface area contributed by atoms with Crippen LogP contribution in [-0.4, -0.2) is 35.1 Å². The van der Waals surface area contributed by atoms with Gasteiger partial charge in [0.15, 0.2) is 6.61 Å². The van der Waals surface area contributed by atoms with E-state index in [9.17, 15) is 29.3 Å². The topological polar surface area (TPSA) is 124 Å². The third kappa shape index (κ3) is 3.32. The maximum Gasteiger partial charge on any atom is 0.340 e. The van der Waals surface area contributed by atoms with Crippen LogP contribution in [0.2, 0.25) is 0 Å². The summed E-state index contributed by atoms with van der Waals surface area (Å²) >= 11 is 0. The fraction of sp³-hybridized carbons (Fsp3) is 0.250. The molecule has 1 saturated carbocycles. The second-order valence-corrected chi connectivity index (χ2v) is 8.34. The molecule has 2 aliphatic carbocycles. The lowest BCUT2D eigenvalue weighted by atomic mass is 9.85. The van der Waals surface area contributed by atoms with Crippen LogP contribution in [0.15, 0.2) is 60.7 Å². The van der Waals surface area contributed by atoms with Crippen molar-refractivity contribution >= 4 is 34.9 Å². The fourth-order valence-electron chi connectivity index (χ4n) is 5.07. The Bertz CT molecular complexity index is 1220. The molecule has 9 heteroatoms. The van der Waals surface area contributed by atoms with Crippen LogP contribution in [0.1, 0.15) is 27.1 Å². The zero-order valence-electron chi connectivity index (χ0n) is 17.2. The van der Waals surface area contributed by atoms with E-state index in [0.29, 0.717) is 0 Å². The van der Waals surface area contributed by atoms with Gasteiger partial charge >= 0.3 is 5.97 Å². The van der Waals surface area contributed by atoms with Crippen molar-refractivity contribution in [2.45, 2.75) is 6.42 Å². The summed E-state index contributed by atoms with van der Waals surface area (Å²) in [6.07, 6.45) is 4.77. The van der Waals surface area contributed by atoms with Crippen LogP contribution in [0.5, 0.6) is 0 Å². The van der Waals surface area contributed by atoms with Crippen molar-refractivity contribution in [1.82, 2.24) is 0 Å². The van der Waals surface area contributed by atoms with Gasteiger partial charge in [-0.2, -0.15) is 0 Å². The van der Waals surface area contributed by atoms with Crippen molar-refractivity contribution in [2.75, 3.05) is 11.5 Å². The predicted octanol–water partition coefficient (Wildman–Crippen LogP) is 2.95. The summed E-state index contributed by atoms with van der Waals surface area (Å²) in [6.45, 7) is -0.643. The number of carbonyl (C=O) groups is 4. The zero-order chi connectivity index (χ0) is 23.3. The quantitative estimate of drug-likeness (QED) is 0.167. The number of non-ortho nitro benzene ring substituents is 1. The van der Waals surface area contributed by atoms with Gasteiger partial charge < -0.3 is 4.74 Å². The maximum atomic E-state index is 13.1. The Labute approximate surface area is 187 Å². The van der Waals surface area contributed by atoms with E-state index >= 15 is 0 Å². The van der Waals surface area contributed by atoms with E-state index in [0.717, 1.165) is 17.4 Å². The lowest BCUT2D eigenvalue weighted by Gasteiger charge is -2.19. The van der Waals surface area contributed by atoms with Crippen LogP contribution < -0.4 is 4.90 Å². The average Bonchev–Trinajstić information content (AvgIpc) is 3.51. The molecule has 2 fully saturated rings. The zero-order valence-corrected chi connectivity index (χ0v) is 17.2. The molecule has 9 nitrogen and oxygen atoms in total. The van der Waals surface area contributed by atoms with E-state index in [4.69, 9.17) is 4.74 Å². The minimum absolute atomic E-state index is 0.00804. The first-order chi connectivity index (χ1) is 15.9. The molecule has 5 rings (SSSR count). The summed E-state index contributed by atoms with van der Waals surface area (Å²) in [5, 5.41) is 10.9. The maximum absolute atomic E-state index is 13.1. The molecule has 2 amide bonds. The van der Waals surface area contributed by atoms with Crippen molar-refractivity contribution in [2.24, 2.45) is 23.7 Å². The van der Waals surface area contributed by atoms with Crippen molar-refractivity contribution in [3.05, 3.63) is 81.9 Å². The van der Waals surface area contributed by atoms with E-state index in [1.165, 1.54) is 30.3 Å². The molecular weight excluding hydrogens is 428 g/mol. The minimum Gasteiger partial charge on any atom is -0.454 e. The summed E-state index contributed by atoms with van der Waals surface area (Å²) < 4.78 is 5.14. The molecule has 166 valence electrons. The van der Waals surface area contributed by atoms with Crippen LogP contribution in [0.4, 0.5) is 11.4 Å². The molecule has 0 aromatic heterocycles. The van der Waals surface area contributed by atoms with Gasteiger partial charge in [-0.25, -0.2) is 9.69 Å². The van der Waals surface area contributed by atoms with Gasteiger partial charge in [0.1, 0.15) is 0 Å². The van der Waals surface area contributed by atoms with Gasteiger partial charge in [0.05, 0.1) is 28.0 Å². The smallest absolute Gasteiger partial charge is 0.340 e. The summed E-state index contributed by atoms with van der Waals surface area (Å²) in [5.41, 5.74) is -0.0935. The highest BCUT2D eigenvalue weighted by atomic mass is 16.6. The number of ether oxygens (including phenoxy) is 1. The van der Waals surface area contributed by atoms with Gasteiger partial charge in [-0.05, 0) is 30.4 Å².